The van der Waals surface area contributed by atoms with Crippen LogP contribution in [0.5, 0.6) is 17.2 Å². The summed E-state index contributed by atoms with van der Waals surface area (Å²) in [4.78, 5) is 117. The van der Waals surface area contributed by atoms with Crippen molar-refractivity contribution in [2.24, 2.45) is 5.92 Å². The standard InChI is InChI=1S/C82H95N7O19/c1-6-8-10-40-106-61-34-28-55(29-35-61)51-16-12-49(13-17-51)53-20-24-58(25-21-53)74(97)83-64-43-66(93)77(100)87-79(102)70-71(94)46(3)44-89(70)81(104)68(48(5)91)85-78(101)69(86-76(99)65-42-60(92)45-88(65)80(103)67(47(4)90)84-75(64)98)73(96)72(95)57-32-38-63(39-33-57)108-82(105)59-26-22-54(23-27-59)50-14-18-52(19-15-50)56-30-36-62(37-31-56)107-41-11-9-7-2/h12-39,46-48,60,64-73,77,90-96,100H,6-11,40-45H2,1-5H3,(H,83,97)(H,84,98)(H,85,101)(H,86,99)(H,87,102)/t46-,47+,48+,60+,64-,65-,66+,67-,68-,69-,70-,71-,72-,73-,77+/m0/s1. The van der Waals surface area contributed by atoms with Crippen LogP contribution in [0.1, 0.15) is 118 Å². The molecule has 0 unspecified atom stereocenters. The predicted molar refractivity (Wildman–Crippen MR) is 399 cm³/mol. The molecule has 3 heterocycles. The van der Waals surface area contributed by atoms with E-state index in [0.29, 0.717) is 18.8 Å². The van der Waals surface area contributed by atoms with E-state index in [-0.39, 0.29) is 22.4 Å². The molecule has 0 saturated carbocycles. The average molecular weight is 1480 g/mol. The van der Waals surface area contributed by atoms with E-state index >= 15 is 0 Å². The van der Waals surface area contributed by atoms with Gasteiger partial charge in [0.15, 0.2) is 6.23 Å². The zero-order chi connectivity index (χ0) is 77.5. The van der Waals surface area contributed by atoms with E-state index in [1.54, 1.807) is 36.4 Å². The van der Waals surface area contributed by atoms with Crippen LogP contribution in [0, 0.1) is 5.92 Å². The highest BCUT2D eigenvalue weighted by atomic mass is 16.5. The lowest BCUT2D eigenvalue weighted by atomic mass is 9.96. The summed E-state index contributed by atoms with van der Waals surface area (Å²) in [5, 5.41) is 104. The second-order valence-electron chi connectivity index (χ2n) is 27.9. The summed E-state index contributed by atoms with van der Waals surface area (Å²) in [6.07, 6.45) is -10.9. The number of aliphatic hydroxyl groups excluding tert-OH is 8. The highest BCUT2D eigenvalue weighted by Gasteiger charge is 2.50. The van der Waals surface area contributed by atoms with Gasteiger partial charge >= 0.3 is 5.97 Å². The van der Waals surface area contributed by atoms with Gasteiger partial charge in [0.1, 0.15) is 71.8 Å². The lowest BCUT2D eigenvalue weighted by Crippen LogP contribution is -2.64. The largest absolute Gasteiger partial charge is 0.494 e. The summed E-state index contributed by atoms with van der Waals surface area (Å²) >= 11 is 0. The molecule has 26 nitrogen and oxygen atoms in total. The number of ether oxygens (including phenoxy) is 3. The Kier molecular flexibility index (Phi) is 27.4. The van der Waals surface area contributed by atoms with Crippen molar-refractivity contribution in [3.05, 3.63) is 187 Å². The van der Waals surface area contributed by atoms with Crippen LogP contribution in [-0.4, -0.2) is 203 Å². The Labute approximate surface area is 626 Å². The van der Waals surface area contributed by atoms with Gasteiger partial charge in [-0.3, -0.25) is 33.6 Å². The van der Waals surface area contributed by atoms with Crippen LogP contribution < -0.4 is 40.8 Å². The maximum Gasteiger partial charge on any atom is 0.343 e. The first kappa shape index (κ1) is 80.1. The Morgan fingerprint density at radius 2 is 0.898 bits per heavy atom. The van der Waals surface area contributed by atoms with Gasteiger partial charge in [-0.2, -0.15) is 0 Å². The first-order chi connectivity index (χ1) is 51.8. The number of rotatable bonds is 23. The average Bonchev–Trinajstić information content (AvgIpc) is 1.62. The summed E-state index contributed by atoms with van der Waals surface area (Å²) < 4.78 is 17.4. The summed E-state index contributed by atoms with van der Waals surface area (Å²) in [6, 6.07) is 37.4. The molecule has 7 aromatic carbocycles. The minimum Gasteiger partial charge on any atom is -0.494 e. The van der Waals surface area contributed by atoms with Gasteiger partial charge < -0.3 is 91.4 Å². The van der Waals surface area contributed by atoms with E-state index in [1.165, 1.54) is 43.3 Å². The molecule has 3 aliphatic rings. The second-order valence-corrected chi connectivity index (χ2v) is 27.9. The maximum atomic E-state index is 14.8. The molecule has 0 aliphatic carbocycles. The topological polar surface area (TPSA) is 393 Å². The third-order valence-corrected chi connectivity index (χ3v) is 19.8. The number of carbonyl (C=O) groups is 8. The number of carbonyl (C=O) groups excluding carboxylic acids is 8. The fourth-order valence-corrected chi connectivity index (χ4v) is 13.4. The van der Waals surface area contributed by atoms with Crippen molar-refractivity contribution < 1.29 is 93.4 Å². The molecular weight excluding hydrogens is 1390 g/mol. The van der Waals surface area contributed by atoms with Crippen molar-refractivity contribution in [1.29, 1.82) is 0 Å². The number of fused-ring (bicyclic) bond motifs is 2. The first-order valence-corrected chi connectivity index (χ1v) is 36.6. The molecule has 3 aliphatic heterocycles. The van der Waals surface area contributed by atoms with E-state index in [9.17, 15) is 79.2 Å². The second kappa shape index (κ2) is 36.9. The Morgan fingerprint density at radius 3 is 1.36 bits per heavy atom. The highest BCUT2D eigenvalue weighted by molar-refractivity contribution is 6.01. The van der Waals surface area contributed by atoms with Crippen LogP contribution in [0.15, 0.2) is 170 Å². The Morgan fingerprint density at radius 1 is 0.481 bits per heavy atom. The molecule has 3 fully saturated rings. The highest BCUT2D eigenvalue weighted by Crippen LogP contribution is 2.32. The van der Waals surface area contributed by atoms with Crippen LogP contribution in [0.3, 0.4) is 0 Å². The predicted octanol–water partition coefficient (Wildman–Crippen LogP) is 5.49. The summed E-state index contributed by atoms with van der Waals surface area (Å²) in [5.74, 6) is -8.59. The molecule has 108 heavy (non-hydrogen) atoms. The number of benzene rings is 7. The summed E-state index contributed by atoms with van der Waals surface area (Å²) in [6.45, 7) is 8.21. The molecule has 7 aromatic rings. The number of unbranched alkanes of at least 4 members (excludes halogenated alkanes) is 4. The van der Waals surface area contributed by atoms with Crippen molar-refractivity contribution in [3.8, 4) is 61.8 Å². The van der Waals surface area contributed by atoms with Gasteiger partial charge in [-0.05, 0) is 137 Å². The molecule has 13 N–H and O–H groups in total. The fraction of sp³-hybridized carbons (Fsp3) is 0.390. The monoisotopic (exact) mass is 1480 g/mol. The van der Waals surface area contributed by atoms with Crippen molar-refractivity contribution in [2.75, 3.05) is 26.3 Å². The van der Waals surface area contributed by atoms with Crippen LogP contribution in [0.2, 0.25) is 0 Å². The van der Waals surface area contributed by atoms with E-state index in [4.69, 9.17) is 14.2 Å². The van der Waals surface area contributed by atoms with E-state index in [0.717, 1.165) is 113 Å². The Bertz CT molecular complexity index is 4220. The summed E-state index contributed by atoms with van der Waals surface area (Å²) in [7, 11) is 0. The van der Waals surface area contributed by atoms with Gasteiger partial charge in [-0.1, -0.05) is 156 Å². The van der Waals surface area contributed by atoms with Crippen LogP contribution in [0.4, 0.5) is 0 Å². The quantitative estimate of drug-likeness (QED) is 0.0214. The van der Waals surface area contributed by atoms with Crippen LogP contribution in [0.25, 0.3) is 44.5 Å². The SMILES string of the molecule is CCCCCOc1ccc(-c2ccc(-c3ccc(C(=O)N[C@H]4C[C@@H](O)[C@@H](O)NC(=O)[C@@H]5[C@@H](O)[C@@H](C)CN5C(=O)[C@H]([C@@H](C)O)NC(=O)[C@H]([C@H](O)[C@@H](O)c5ccc(OC(=O)c6ccc(-c7ccc(-c8ccc(OCCCCC)cc8)cc7)cc6)cc5)NC(=O)[C@@H]5C[C@@H](O)CN5C(=O)[C@H]([C@@H](C)O)NC4=O)cc3)cc2)cc1. The van der Waals surface area contributed by atoms with Crippen molar-refractivity contribution in [2.45, 2.75) is 171 Å². The number of aliphatic hydroxyl groups is 8. The number of amides is 7. The molecule has 0 bridgehead atoms. The smallest absolute Gasteiger partial charge is 0.343 e. The Hall–Kier alpha value is -10.4. The van der Waals surface area contributed by atoms with Crippen molar-refractivity contribution in [3.63, 3.8) is 0 Å². The molecular formula is C82H95N7O19. The molecule has 15 atom stereocenters. The minimum atomic E-state index is -2.38. The molecule has 26 heteroatoms. The number of hydrogen-bond acceptors (Lipinski definition) is 19. The first-order valence-electron chi connectivity index (χ1n) is 36.6. The van der Waals surface area contributed by atoms with Gasteiger partial charge in [-0.15, -0.1) is 0 Å². The van der Waals surface area contributed by atoms with Crippen molar-refractivity contribution >= 4 is 47.3 Å². The van der Waals surface area contributed by atoms with Crippen LogP contribution >= 0.6 is 0 Å². The zero-order valence-corrected chi connectivity index (χ0v) is 60.8. The number of hydrogen-bond donors (Lipinski definition) is 13. The number of esters is 1. The Balaban J connectivity index is 0.858. The van der Waals surface area contributed by atoms with E-state index < -0.39 is 164 Å². The fourth-order valence-electron chi connectivity index (χ4n) is 13.4. The third-order valence-electron chi connectivity index (χ3n) is 19.8. The number of nitrogens with zero attached hydrogens (tertiary/aromatic N) is 2. The van der Waals surface area contributed by atoms with Gasteiger partial charge in [0.2, 0.25) is 35.4 Å². The number of nitrogens with one attached hydrogen (secondary N) is 5. The van der Waals surface area contributed by atoms with E-state index in [1.807, 2.05) is 97.1 Å². The molecule has 572 valence electrons. The molecule has 3 saturated heterocycles. The maximum absolute atomic E-state index is 14.8. The van der Waals surface area contributed by atoms with Crippen LogP contribution in [-0.2, 0) is 28.8 Å². The zero-order valence-electron chi connectivity index (χ0n) is 60.8. The molecule has 0 radical (unpaired) electrons. The normalized spacial score (nSPS) is 23.6. The van der Waals surface area contributed by atoms with Gasteiger partial charge in [-0.25, -0.2) is 4.79 Å². The van der Waals surface area contributed by atoms with Gasteiger partial charge in [0.25, 0.3) is 5.91 Å². The van der Waals surface area contributed by atoms with Crippen molar-refractivity contribution in [1.82, 2.24) is 36.4 Å². The third kappa shape index (κ3) is 19.8. The van der Waals surface area contributed by atoms with Gasteiger partial charge in [0.05, 0.1) is 43.2 Å². The molecule has 7 amide bonds. The van der Waals surface area contributed by atoms with Gasteiger partial charge in [0, 0.05) is 37.4 Å². The minimum absolute atomic E-state index is 0.00187. The summed E-state index contributed by atoms with van der Waals surface area (Å²) in [5.41, 5.74) is 7.22. The molecule has 10 rings (SSSR count). The lowest BCUT2D eigenvalue weighted by molar-refractivity contribution is -0.148. The molecule has 0 spiro atoms. The lowest BCUT2D eigenvalue weighted by Gasteiger charge is -2.34. The molecule has 0 aromatic heterocycles. The van der Waals surface area contributed by atoms with E-state index in [2.05, 4.69) is 40.4 Å².